The highest BCUT2D eigenvalue weighted by Gasteiger charge is 2.19. The van der Waals surface area contributed by atoms with Gasteiger partial charge in [-0.25, -0.2) is 4.79 Å². The largest absolute Gasteiger partial charge is 0.467 e. The van der Waals surface area contributed by atoms with Crippen molar-refractivity contribution >= 4 is 36.9 Å². The summed E-state index contributed by atoms with van der Waals surface area (Å²) in [6, 6.07) is 6.76. The Kier molecular flexibility index (Phi) is 4.50. The van der Waals surface area contributed by atoms with Crippen molar-refractivity contribution in [3.8, 4) is 0 Å². The van der Waals surface area contributed by atoms with Gasteiger partial charge in [-0.3, -0.25) is 5.03 Å². The summed E-state index contributed by atoms with van der Waals surface area (Å²) in [4.78, 5) is 11.4. The van der Waals surface area contributed by atoms with Crippen LogP contribution in [0, 0.1) is 0 Å². The minimum Gasteiger partial charge on any atom is -0.467 e. The Morgan fingerprint density at radius 1 is 1.58 bits per heavy atom. The van der Waals surface area contributed by atoms with Crippen LogP contribution < -0.4 is 0 Å². The number of carbonyl (C=O) groups excluding carboxylic acids is 1. The molecule has 0 aliphatic heterocycles. The van der Waals surface area contributed by atoms with Crippen LogP contribution in [0.3, 0.4) is 0 Å². The molecule has 2 radical (unpaired) electrons. The van der Waals surface area contributed by atoms with Gasteiger partial charge in [-0.2, -0.15) is 9.20 Å². The summed E-state index contributed by atoms with van der Waals surface area (Å²) < 4.78 is 6.24. The molecule has 1 heterocycles. The van der Waals surface area contributed by atoms with E-state index in [-0.39, 0.29) is 0 Å². The first kappa shape index (κ1) is 13.5. The number of fused-ring (bicyclic) bond motifs is 1. The minimum absolute atomic E-state index is 0.306. The molecule has 2 aromatic rings. The lowest BCUT2D eigenvalue weighted by molar-refractivity contribution is -0.141. The topological polar surface area (TPSA) is 81.7 Å². The highest BCUT2D eigenvalue weighted by atomic mass is 32.2. The van der Waals surface area contributed by atoms with E-state index in [1.807, 2.05) is 24.3 Å². The number of esters is 1. The maximum Gasteiger partial charge on any atom is 0.333 e. The van der Waals surface area contributed by atoms with Crippen LogP contribution in [-0.2, 0) is 9.53 Å². The van der Waals surface area contributed by atoms with E-state index in [1.165, 1.54) is 19.1 Å². The second kappa shape index (κ2) is 6.32. The van der Waals surface area contributed by atoms with Crippen LogP contribution in [0.15, 0.2) is 34.4 Å². The maximum absolute atomic E-state index is 11.4. The second-order valence-electron chi connectivity index (χ2n) is 3.52. The van der Waals surface area contributed by atoms with E-state index in [4.69, 9.17) is 7.98 Å². The van der Waals surface area contributed by atoms with E-state index < -0.39 is 12.0 Å². The Morgan fingerprint density at radius 2 is 2.37 bits per heavy atom. The molecule has 1 aromatic heterocycles. The fourth-order valence-electron chi connectivity index (χ4n) is 1.45. The normalized spacial score (nSPS) is 12.9. The second-order valence-corrected chi connectivity index (χ2v) is 4.45. The lowest BCUT2D eigenvalue weighted by atomic mass is 10.3. The third-order valence-electron chi connectivity index (χ3n) is 2.36. The van der Waals surface area contributed by atoms with Crippen molar-refractivity contribution in [2.75, 3.05) is 12.9 Å². The third-order valence-corrected chi connectivity index (χ3v) is 3.33. The zero-order valence-corrected chi connectivity index (χ0v) is 10.9. The Morgan fingerprint density at radius 3 is 3.11 bits per heavy atom. The molecule has 0 N–H and O–H groups in total. The minimum atomic E-state index is -0.761. The van der Waals surface area contributed by atoms with E-state index in [2.05, 4.69) is 25.2 Å². The molecule has 0 saturated heterocycles. The van der Waals surface area contributed by atoms with Crippen molar-refractivity contribution < 1.29 is 9.53 Å². The highest BCUT2D eigenvalue weighted by Crippen LogP contribution is 2.17. The first-order valence-corrected chi connectivity index (χ1v) is 6.32. The molecule has 0 aliphatic rings. The molecular weight excluding hydrogens is 265 g/mol. The Hall–Kier alpha value is -1.90. The van der Waals surface area contributed by atoms with Crippen molar-refractivity contribution in [3.63, 3.8) is 0 Å². The predicted octanol–water partition coefficient (Wildman–Crippen LogP) is 1.00. The van der Waals surface area contributed by atoms with E-state index in [0.29, 0.717) is 5.75 Å². The molecule has 2 rings (SSSR count). The molecular formula is C10H10BN5O2S. The molecule has 19 heavy (non-hydrogen) atoms. The maximum atomic E-state index is 11.4. The fourth-order valence-corrected chi connectivity index (χ4v) is 2.32. The summed E-state index contributed by atoms with van der Waals surface area (Å²) in [7, 11) is 6.26. The van der Waals surface area contributed by atoms with Crippen LogP contribution in [0.4, 0.5) is 0 Å². The SMILES string of the molecule is [B]N=NC(CSn1nnc2ccccc21)C(=O)OC. The number of methoxy groups -OCH3 is 1. The highest BCUT2D eigenvalue weighted by molar-refractivity contribution is 7.97. The van der Waals surface area contributed by atoms with Gasteiger partial charge in [-0.1, -0.05) is 17.3 Å². The van der Waals surface area contributed by atoms with Gasteiger partial charge >= 0.3 is 5.97 Å². The van der Waals surface area contributed by atoms with Crippen LogP contribution in [-0.4, -0.2) is 47.3 Å². The number of carbonyl (C=O) groups is 1. The summed E-state index contributed by atoms with van der Waals surface area (Å²) in [5.74, 6) is -0.188. The Balaban J connectivity index is 2.10. The van der Waals surface area contributed by atoms with E-state index in [9.17, 15) is 4.79 Å². The molecule has 1 atom stereocenters. The predicted molar refractivity (Wildman–Crippen MR) is 71.8 cm³/mol. The van der Waals surface area contributed by atoms with Gasteiger partial charge in [-0.05, 0) is 24.1 Å². The third kappa shape index (κ3) is 3.11. The van der Waals surface area contributed by atoms with Gasteiger partial charge in [0.15, 0.2) is 6.04 Å². The van der Waals surface area contributed by atoms with Gasteiger partial charge in [0.2, 0.25) is 0 Å². The standard InChI is InChI=1S/C10H10BN5O2S/c1-18-10(17)8(12-14-11)6-19-16-9-5-3-2-4-7(9)13-15-16/h2-5,8H,6H2,1H3. The van der Waals surface area contributed by atoms with Gasteiger partial charge < -0.3 is 4.74 Å². The lowest BCUT2D eigenvalue weighted by Gasteiger charge is -2.08. The molecule has 1 aromatic carbocycles. The Labute approximate surface area is 115 Å². The van der Waals surface area contributed by atoms with Gasteiger partial charge in [0.25, 0.3) is 7.98 Å². The summed E-state index contributed by atoms with van der Waals surface area (Å²) in [6.07, 6.45) is 0. The van der Waals surface area contributed by atoms with Crippen molar-refractivity contribution in [1.82, 2.24) is 14.4 Å². The van der Waals surface area contributed by atoms with Crippen molar-refractivity contribution in [2.45, 2.75) is 6.04 Å². The average molecular weight is 275 g/mol. The summed E-state index contributed by atoms with van der Waals surface area (Å²) in [5.41, 5.74) is 1.64. The summed E-state index contributed by atoms with van der Waals surface area (Å²) in [6.45, 7) is 0. The molecule has 0 fully saturated rings. The number of hydrogen-bond donors (Lipinski definition) is 0. The van der Waals surface area contributed by atoms with Gasteiger partial charge in [-0.15, -0.1) is 5.10 Å². The number of nitrogens with zero attached hydrogens (tertiary/aromatic N) is 5. The van der Waals surface area contributed by atoms with Crippen LogP contribution in [0.2, 0.25) is 0 Å². The van der Waals surface area contributed by atoms with E-state index in [1.54, 1.807) is 4.09 Å². The van der Waals surface area contributed by atoms with Gasteiger partial charge in [0, 0.05) is 0 Å². The molecule has 9 heteroatoms. The number of aromatic nitrogens is 3. The molecule has 0 bridgehead atoms. The van der Waals surface area contributed by atoms with Crippen molar-refractivity contribution in [2.24, 2.45) is 10.1 Å². The van der Waals surface area contributed by atoms with Crippen molar-refractivity contribution in [1.29, 1.82) is 0 Å². The molecule has 7 nitrogen and oxygen atoms in total. The zero-order chi connectivity index (χ0) is 13.7. The molecule has 0 saturated carbocycles. The van der Waals surface area contributed by atoms with Gasteiger partial charge in [0.05, 0.1) is 12.9 Å². The number of ether oxygens (including phenoxy) is 1. The molecule has 0 aliphatic carbocycles. The lowest BCUT2D eigenvalue weighted by Crippen LogP contribution is -2.23. The van der Waals surface area contributed by atoms with Crippen LogP contribution in [0.1, 0.15) is 0 Å². The average Bonchev–Trinajstić information content (AvgIpc) is 2.86. The molecule has 1 unspecified atom stereocenters. The molecule has 0 amide bonds. The molecule has 96 valence electrons. The Bertz CT molecular complexity index is 602. The quantitative estimate of drug-likeness (QED) is 0.462. The van der Waals surface area contributed by atoms with Crippen LogP contribution >= 0.6 is 11.9 Å². The fraction of sp³-hybridized carbons (Fsp3) is 0.300. The first-order chi connectivity index (χ1) is 9.26. The molecule has 0 spiro atoms. The van der Waals surface area contributed by atoms with Crippen LogP contribution in [0.5, 0.6) is 0 Å². The first-order valence-electron chi connectivity index (χ1n) is 5.38. The monoisotopic (exact) mass is 275 g/mol. The van der Waals surface area contributed by atoms with Crippen molar-refractivity contribution in [3.05, 3.63) is 24.3 Å². The smallest absolute Gasteiger partial charge is 0.333 e. The summed E-state index contributed by atoms with van der Waals surface area (Å²) >= 11 is 1.28. The number of para-hydroxylation sites is 1. The van der Waals surface area contributed by atoms with E-state index >= 15 is 0 Å². The summed E-state index contributed by atoms with van der Waals surface area (Å²) in [5, 5.41) is 14.7. The number of hydrogen-bond acceptors (Lipinski definition) is 7. The van der Waals surface area contributed by atoms with Crippen LogP contribution in [0.25, 0.3) is 11.0 Å². The van der Waals surface area contributed by atoms with Gasteiger partial charge in [0.1, 0.15) is 11.0 Å². The number of rotatable bonds is 5. The zero-order valence-electron chi connectivity index (χ0n) is 10.1. The van der Waals surface area contributed by atoms with E-state index in [0.717, 1.165) is 11.0 Å². The number of benzene rings is 1.